The first-order valence-electron chi connectivity index (χ1n) is 5.29. The van der Waals surface area contributed by atoms with Crippen molar-refractivity contribution in [1.82, 2.24) is 0 Å². The Morgan fingerprint density at radius 3 is 2.67 bits per heavy atom. The topological polar surface area (TPSA) is 18.5 Å². The summed E-state index contributed by atoms with van der Waals surface area (Å²) in [6.07, 6.45) is 1.09. The first-order chi connectivity index (χ1) is 7.20. The Balaban J connectivity index is 2.18. The molecule has 0 aromatic heterocycles. The van der Waals surface area contributed by atoms with Crippen LogP contribution in [0.4, 0.5) is 0 Å². The number of benzene rings is 1. The molecule has 1 atom stereocenters. The molecule has 1 aromatic carbocycles. The SMILES string of the molecule is Cc1ccccc1OPOCCC(C)C. The Morgan fingerprint density at radius 2 is 2.00 bits per heavy atom. The molecule has 0 amide bonds. The van der Waals surface area contributed by atoms with Gasteiger partial charge in [0.05, 0.1) is 6.61 Å². The first kappa shape index (κ1) is 12.5. The summed E-state index contributed by atoms with van der Waals surface area (Å²) in [5, 5.41) is 0. The molecule has 2 nitrogen and oxygen atoms in total. The average Bonchev–Trinajstić information content (AvgIpc) is 2.20. The van der Waals surface area contributed by atoms with Gasteiger partial charge in [-0.25, -0.2) is 0 Å². The van der Waals surface area contributed by atoms with Crippen molar-refractivity contribution in [2.45, 2.75) is 27.2 Å². The highest BCUT2D eigenvalue weighted by molar-refractivity contribution is 7.26. The number of hydrogen-bond acceptors (Lipinski definition) is 2. The molecular weight excluding hydrogens is 207 g/mol. The van der Waals surface area contributed by atoms with Crippen LogP contribution in [0.3, 0.4) is 0 Å². The van der Waals surface area contributed by atoms with Crippen molar-refractivity contribution >= 4 is 9.03 Å². The molecule has 0 fully saturated rings. The predicted molar refractivity (Wildman–Crippen MR) is 65.5 cm³/mol. The van der Waals surface area contributed by atoms with Gasteiger partial charge in [-0.15, -0.1) is 0 Å². The van der Waals surface area contributed by atoms with E-state index in [2.05, 4.69) is 13.8 Å². The van der Waals surface area contributed by atoms with Gasteiger partial charge >= 0.3 is 0 Å². The van der Waals surface area contributed by atoms with E-state index in [1.807, 2.05) is 31.2 Å². The smallest absolute Gasteiger partial charge is 0.215 e. The largest absolute Gasteiger partial charge is 0.449 e. The van der Waals surface area contributed by atoms with Crippen LogP contribution in [0.2, 0.25) is 0 Å². The monoisotopic (exact) mass is 226 g/mol. The molecule has 0 bridgehead atoms. The molecule has 0 heterocycles. The molecule has 0 radical (unpaired) electrons. The van der Waals surface area contributed by atoms with Crippen LogP contribution in [0.1, 0.15) is 25.8 Å². The van der Waals surface area contributed by atoms with Crippen LogP contribution < -0.4 is 4.52 Å². The van der Waals surface area contributed by atoms with E-state index in [-0.39, 0.29) is 9.03 Å². The Morgan fingerprint density at radius 1 is 1.27 bits per heavy atom. The molecule has 1 aromatic rings. The summed E-state index contributed by atoms with van der Waals surface area (Å²) in [6, 6.07) is 7.98. The van der Waals surface area contributed by atoms with E-state index in [9.17, 15) is 0 Å². The second-order valence-electron chi connectivity index (χ2n) is 3.98. The van der Waals surface area contributed by atoms with E-state index in [0.29, 0.717) is 5.92 Å². The summed E-state index contributed by atoms with van der Waals surface area (Å²) in [7, 11) is 0.106. The average molecular weight is 226 g/mol. The van der Waals surface area contributed by atoms with Crippen LogP contribution in [-0.2, 0) is 4.52 Å². The highest BCUT2D eigenvalue weighted by Crippen LogP contribution is 2.25. The molecule has 0 aliphatic heterocycles. The van der Waals surface area contributed by atoms with Gasteiger partial charge in [0.1, 0.15) is 5.75 Å². The van der Waals surface area contributed by atoms with Crippen molar-refractivity contribution in [1.29, 1.82) is 0 Å². The van der Waals surface area contributed by atoms with E-state index < -0.39 is 0 Å². The second kappa shape index (κ2) is 6.81. The maximum absolute atomic E-state index is 5.52. The van der Waals surface area contributed by atoms with Gasteiger partial charge < -0.3 is 9.05 Å². The van der Waals surface area contributed by atoms with Gasteiger partial charge in [0.15, 0.2) is 0 Å². The van der Waals surface area contributed by atoms with Gasteiger partial charge in [-0.1, -0.05) is 32.0 Å². The molecule has 15 heavy (non-hydrogen) atoms. The van der Waals surface area contributed by atoms with Crippen LogP contribution in [-0.4, -0.2) is 6.61 Å². The lowest BCUT2D eigenvalue weighted by atomic mass is 10.2. The summed E-state index contributed by atoms with van der Waals surface area (Å²) < 4.78 is 10.9. The van der Waals surface area contributed by atoms with Gasteiger partial charge in [-0.3, -0.25) is 0 Å². The summed E-state index contributed by atoms with van der Waals surface area (Å²) in [4.78, 5) is 0. The third kappa shape index (κ3) is 5.15. The van der Waals surface area contributed by atoms with Crippen LogP contribution >= 0.6 is 9.03 Å². The van der Waals surface area contributed by atoms with Gasteiger partial charge in [0.25, 0.3) is 0 Å². The van der Waals surface area contributed by atoms with Gasteiger partial charge in [0.2, 0.25) is 9.03 Å². The molecule has 0 saturated heterocycles. The maximum atomic E-state index is 5.52. The zero-order valence-electron chi connectivity index (χ0n) is 9.62. The molecular formula is C12H19O2P. The lowest BCUT2D eigenvalue weighted by Gasteiger charge is -2.09. The zero-order chi connectivity index (χ0) is 11.1. The fourth-order valence-corrected chi connectivity index (χ4v) is 1.66. The minimum Gasteiger partial charge on any atom is -0.449 e. The predicted octanol–water partition coefficient (Wildman–Crippen LogP) is 3.95. The van der Waals surface area contributed by atoms with Crippen LogP contribution in [0, 0.1) is 12.8 Å². The zero-order valence-corrected chi connectivity index (χ0v) is 10.6. The molecule has 0 spiro atoms. The first-order valence-corrected chi connectivity index (χ1v) is 6.11. The fourth-order valence-electron chi connectivity index (χ4n) is 1.08. The second-order valence-corrected chi connectivity index (χ2v) is 4.64. The van der Waals surface area contributed by atoms with Gasteiger partial charge in [0, 0.05) is 0 Å². The molecule has 1 rings (SSSR count). The standard InChI is InChI=1S/C12H19O2P/c1-10(2)8-9-13-15-14-12-7-5-4-6-11(12)3/h4-7,10,15H,8-9H2,1-3H3. The Labute approximate surface area is 93.9 Å². The van der Waals surface area contributed by atoms with Crippen molar-refractivity contribution in [2.75, 3.05) is 6.61 Å². The molecule has 0 aliphatic carbocycles. The van der Waals surface area contributed by atoms with Crippen LogP contribution in [0.15, 0.2) is 24.3 Å². The minimum atomic E-state index is 0.106. The Hall–Kier alpha value is -0.590. The van der Waals surface area contributed by atoms with E-state index in [1.54, 1.807) is 0 Å². The highest BCUT2D eigenvalue weighted by Gasteiger charge is 1.98. The number of para-hydroxylation sites is 1. The maximum Gasteiger partial charge on any atom is 0.215 e. The molecule has 84 valence electrons. The molecule has 1 unspecified atom stereocenters. The third-order valence-corrected chi connectivity index (χ3v) is 2.73. The minimum absolute atomic E-state index is 0.106. The number of aryl methyl sites for hydroxylation is 1. The van der Waals surface area contributed by atoms with Crippen molar-refractivity contribution < 1.29 is 9.05 Å². The van der Waals surface area contributed by atoms with E-state index in [0.717, 1.165) is 24.3 Å². The van der Waals surface area contributed by atoms with E-state index in [4.69, 9.17) is 9.05 Å². The van der Waals surface area contributed by atoms with Crippen molar-refractivity contribution in [3.8, 4) is 5.75 Å². The fraction of sp³-hybridized carbons (Fsp3) is 0.500. The lowest BCUT2D eigenvalue weighted by molar-refractivity contribution is 0.301. The number of hydrogen-bond donors (Lipinski definition) is 0. The molecule has 0 N–H and O–H groups in total. The quantitative estimate of drug-likeness (QED) is 0.540. The summed E-state index contributed by atoms with van der Waals surface area (Å²) in [5.74, 6) is 1.61. The molecule has 0 aliphatic rings. The van der Waals surface area contributed by atoms with E-state index >= 15 is 0 Å². The van der Waals surface area contributed by atoms with Gasteiger partial charge in [-0.05, 0) is 30.9 Å². The number of rotatable bonds is 6. The van der Waals surface area contributed by atoms with Crippen molar-refractivity contribution in [2.24, 2.45) is 5.92 Å². The van der Waals surface area contributed by atoms with Crippen LogP contribution in [0.25, 0.3) is 0 Å². The van der Waals surface area contributed by atoms with Crippen molar-refractivity contribution in [3.63, 3.8) is 0 Å². The highest BCUT2D eigenvalue weighted by atomic mass is 31.1. The summed E-state index contributed by atoms with van der Waals surface area (Å²) >= 11 is 0. The molecule has 0 saturated carbocycles. The Kier molecular flexibility index (Phi) is 5.67. The normalized spacial score (nSPS) is 11.5. The van der Waals surface area contributed by atoms with E-state index in [1.165, 1.54) is 0 Å². The molecule has 3 heteroatoms. The van der Waals surface area contributed by atoms with Gasteiger partial charge in [-0.2, -0.15) is 0 Å². The van der Waals surface area contributed by atoms with Crippen LogP contribution in [0.5, 0.6) is 5.75 Å². The van der Waals surface area contributed by atoms with Crippen molar-refractivity contribution in [3.05, 3.63) is 29.8 Å². The lowest BCUT2D eigenvalue weighted by Crippen LogP contribution is -1.94. The summed E-state index contributed by atoms with van der Waals surface area (Å²) in [5.41, 5.74) is 1.15. The third-order valence-electron chi connectivity index (χ3n) is 2.10. The summed E-state index contributed by atoms with van der Waals surface area (Å²) in [6.45, 7) is 7.19. The Bertz CT molecular complexity index is 287.